The van der Waals surface area contributed by atoms with Crippen molar-refractivity contribution >= 4 is 27.7 Å². The Bertz CT molecular complexity index is 1380. The first-order valence-corrected chi connectivity index (χ1v) is 9.82. The first kappa shape index (κ1) is 21.2. The third-order valence-corrected chi connectivity index (χ3v) is 5.18. The highest BCUT2D eigenvalue weighted by molar-refractivity contribution is 6.07. The second kappa shape index (κ2) is 8.60. The molecule has 4 rings (SSSR count). The van der Waals surface area contributed by atoms with Crippen LogP contribution in [-0.2, 0) is 22.6 Å². The van der Waals surface area contributed by atoms with Gasteiger partial charge >= 0.3 is 11.6 Å². The number of hydrogen-bond donors (Lipinski definition) is 3. The molecule has 1 aromatic heterocycles. The summed E-state index contributed by atoms with van der Waals surface area (Å²) in [5.74, 6) is -0.591. The van der Waals surface area contributed by atoms with Gasteiger partial charge in [-0.3, -0.25) is 4.79 Å². The third-order valence-electron chi connectivity index (χ3n) is 5.18. The van der Waals surface area contributed by atoms with E-state index < -0.39 is 17.6 Å². The van der Waals surface area contributed by atoms with Gasteiger partial charge in [0.05, 0.1) is 7.11 Å². The maximum atomic E-state index is 12.5. The molecule has 4 N–H and O–H groups in total. The Morgan fingerprint density at radius 1 is 1.06 bits per heavy atom. The maximum absolute atomic E-state index is 12.5. The number of carbonyl (C=O) groups excluding carboxylic acids is 1. The van der Waals surface area contributed by atoms with E-state index in [1.165, 1.54) is 18.2 Å². The van der Waals surface area contributed by atoms with Gasteiger partial charge in [-0.15, -0.1) is 0 Å². The van der Waals surface area contributed by atoms with E-state index in [0.29, 0.717) is 27.8 Å². The lowest BCUT2D eigenvalue weighted by molar-refractivity contribution is -0.146. The minimum atomic E-state index is -0.998. The molecular weight excluding hydrogens is 414 g/mol. The molecule has 8 nitrogen and oxygen atoms in total. The van der Waals surface area contributed by atoms with Crippen LogP contribution < -0.4 is 16.1 Å². The van der Waals surface area contributed by atoms with Crippen molar-refractivity contribution in [3.05, 3.63) is 76.1 Å². The van der Waals surface area contributed by atoms with E-state index in [1.807, 2.05) is 24.3 Å². The molecule has 0 saturated carbocycles. The SMILES string of the molecule is COc1ccc2ccc3oc(=O)cc(COC(=O)[C@@H](N)Cc4ccc(O)c(O)c4)c3c2c1. The summed E-state index contributed by atoms with van der Waals surface area (Å²) >= 11 is 0. The fraction of sp³-hybridized carbons (Fsp3) is 0.167. The summed E-state index contributed by atoms with van der Waals surface area (Å²) in [5.41, 5.74) is 6.81. The molecule has 0 aliphatic carbocycles. The van der Waals surface area contributed by atoms with E-state index in [9.17, 15) is 19.8 Å². The van der Waals surface area contributed by atoms with Crippen molar-refractivity contribution in [1.29, 1.82) is 0 Å². The lowest BCUT2D eigenvalue weighted by atomic mass is 10.0. The molecular formula is C24H21NO7. The summed E-state index contributed by atoms with van der Waals surface area (Å²) in [6.07, 6.45) is 0.102. The molecule has 0 radical (unpaired) electrons. The summed E-state index contributed by atoms with van der Waals surface area (Å²) in [5, 5.41) is 21.3. The summed E-state index contributed by atoms with van der Waals surface area (Å²) in [4.78, 5) is 24.5. The van der Waals surface area contributed by atoms with E-state index in [1.54, 1.807) is 19.2 Å². The number of methoxy groups -OCH3 is 1. The van der Waals surface area contributed by atoms with Crippen LogP contribution in [0.15, 0.2) is 63.8 Å². The Morgan fingerprint density at radius 3 is 2.59 bits per heavy atom. The highest BCUT2D eigenvalue weighted by Gasteiger charge is 2.18. The van der Waals surface area contributed by atoms with Gasteiger partial charge in [-0.05, 0) is 53.1 Å². The second-order valence-corrected chi connectivity index (χ2v) is 7.36. The maximum Gasteiger partial charge on any atom is 0.336 e. The van der Waals surface area contributed by atoms with Crippen LogP contribution in [0.4, 0.5) is 0 Å². The van der Waals surface area contributed by atoms with Crippen molar-refractivity contribution in [3.8, 4) is 17.2 Å². The van der Waals surface area contributed by atoms with Crippen LogP contribution in [0.2, 0.25) is 0 Å². The molecule has 1 atom stereocenters. The number of fused-ring (bicyclic) bond motifs is 3. The van der Waals surface area contributed by atoms with Crippen LogP contribution >= 0.6 is 0 Å². The van der Waals surface area contributed by atoms with E-state index in [4.69, 9.17) is 19.6 Å². The van der Waals surface area contributed by atoms with Gasteiger partial charge in [-0.25, -0.2) is 4.79 Å². The number of rotatable bonds is 6. The fourth-order valence-corrected chi connectivity index (χ4v) is 3.58. The number of phenolic OH excluding ortho intramolecular Hbond substituents is 2. The Balaban J connectivity index is 1.60. The van der Waals surface area contributed by atoms with Gasteiger partial charge in [0.15, 0.2) is 11.5 Å². The van der Waals surface area contributed by atoms with Gasteiger partial charge in [0, 0.05) is 17.0 Å². The molecule has 32 heavy (non-hydrogen) atoms. The number of hydrogen-bond acceptors (Lipinski definition) is 8. The Hall–Kier alpha value is -4.04. The molecule has 0 unspecified atom stereocenters. The third kappa shape index (κ3) is 4.21. The largest absolute Gasteiger partial charge is 0.504 e. The van der Waals surface area contributed by atoms with Crippen molar-refractivity contribution in [2.75, 3.05) is 7.11 Å². The van der Waals surface area contributed by atoms with Gasteiger partial charge in [-0.1, -0.05) is 18.2 Å². The van der Waals surface area contributed by atoms with E-state index in [-0.39, 0.29) is 24.5 Å². The number of ether oxygens (including phenoxy) is 2. The van der Waals surface area contributed by atoms with E-state index >= 15 is 0 Å². The average Bonchev–Trinajstić information content (AvgIpc) is 2.78. The Kier molecular flexibility index (Phi) is 5.70. The summed E-state index contributed by atoms with van der Waals surface area (Å²) in [7, 11) is 1.56. The lowest BCUT2D eigenvalue weighted by Gasteiger charge is -2.14. The Morgan fingerprint density at radius 2 is 1.84 bits per heavy atom. The van der Waals surface area contributed by atoms with Gasteiger partial charge < -0.3 is 29.8 Å². The number of carbonyl (C=O) groups is 1. The van der Waals surface area contributed by atoms with Crippen molar-refractivity contribution < 1.29 is 28.9 Å². The summed E-state index contributed by atoms with van der Waals surface area (Å²) in [6.45, 7) is -0.175. The zero-order chi connectivity index (χ0) is 22.8. The molecule has 0 amide bonds. The predicted molar refractivity (Wildman–Crippen MR) is 118 cm³/mol. The van der Waals surface area contributed by atoms with Gasteiger partial charge in [0.2, 0.25) is 0 Å². The predicted octanol–water partition coefficient (Wildman–Crippen LogP) is 2.98. The first-order valence-electron chi connectivity index (χ1n) is 9.82. The Labute approximate surface area is 182 Å². The summed E-state index contributed by atoms with van der Waals surface area (Å²) < 4.78 is 16.0. The van der Waals surface area contributed by atoms with Crippen LogP contribution in [0.25, 0.3) is 21.7 Å². The van der Waals surface area contributed by atoms with Crippen LogP contribution in [0.1, 0.15) is 11.1 Å². The van der Waals surface area contributed by atoms with E-state index in [0.717, 1.165) is 10.8 Å². The van der Waals surface area contributed by atoms with Crippen LogP contribution in [0.3, 0.4) is 0 Å². The number of nitrogens with two attached hydrogens (primary N) is 1. The fourth-order valence-electron chi connectivity index (χ4n) is 3.58. The highest BCUT2D eigenvalue weighted by Crippen LogP contribution is 2.31. The van der Waals surface area contributed by atoms with Crippen molar-refractivity contribution in [1.82, 2.24) is 0 Å². The van der Waals surface area contributed by atoms with Gasteiger partial charge in [0.25, 0.3) is 0 Å². The number of aromatic hydroxyl groups is 2. The van der Waals surface area contributed by atoms with Crippen molar-refractivity contribution in [2.24, 2.45) is 5.73 Å². The monoisotopic (exact) mass is 435 g/mol. The van der Waals surface area contributed by atoms with E-state index in [2.05, 4.69) is 0 Å². The minimum Gasteiger partial charge on any atom is -0.504 e. The van der Waals surface area contributed by atoms with Crippen molar-refractivity contribution in [3.63, 3.8) is 0 Å². The number of phenols is 2. The normalized spacial score (nSPS) is 12.1. The van der Waals surface area contributed by atoms with Crippen LogP contribution in [-0.4, -0.2) is 29.3 Å². The van der Waals surface area contributed by atoms with Crippen LogP contribution in [0.5, 0.6) is 17.2 Å². The number of benzene rings is 3. The molecule has 1 heterocycles. The molecule has 0 bridgehead atoms. The molecule has 0 fully saturated rings. The smallest absolute Gasteiger partial charge is 0.336 e. The van der Waals surface area contributed by atoms with Crippen molar-refractivity contribution in [2.45, 2.75) is 19.1 Å². The topological polar surface area (TPSA) is 132 Å². The highest BCUT2D eigenvalue weighted by atomic mass is 16.5. The number of esters is 1. The lowest BCUT2D eigenvalue weighted by Crippen LogP contribution is -2.34. The standard InChI is InChI=1S/C24H21NO7/c1-30-16-5-3-14-4-7-21-23(17(14)11-16)15(10-22(28)32-21)12-31-24(29)18(25)8-13-2-6-19(26)20(27)9-13/h2-7,9-11,18,26-27H,8,12,25H2,1H3/t18-/m0/s1. The molecule has 8 heteroatoms. The zero-order valence-corrected chi connectivity index (χ0v) is 17.2. The van der Waals surface area contributed by atoms with Gasteiger partial charge in [0.1, 0.15) is 24.0 Å². The van der Waals surface area contributed by atoms with Crippen LogP contribution in [0, 0.1) is 0 Å². The quantitative estimate of drug-likeness (QED) is 0.182. The molecule has 164 valence electrons. The average molecular weight is 435 g/mol. The van der Waals surface area contributed by atoms with Gasteiger partial charge in [-0.2, -0.15) is 0 Å². The molecule has 0 saturated heterocycles. The molecule has 3 aromatic carbocycles. The minimum absolute atomic E-state index is 0.102. The summed E-state index contributed by atoms with van der Waals surface area (Å²) in [6, 6.07) is 13.6. The first-order chi connectivity index (χ1) is 15.4. The second-order valence-electron chi connectivity index (χ2n) is 7.36. The zero-order valence-electron chi connectivity index (χ0n) is 17.2. The molecule has 4 aromatic rings. The molecule has 0 spiro atoms. The molecule has 0 aliphatic rings. The molecule has 0 aliphatic heterocycles.